The molecule has 1 aliphatic heterocycles. The molecule has 2 atom stereocenters. The Morgan fingerprint density at radius 2 is 1.84 bits per heavy atom. The normalized spacial score (nSPS) is 18.6. The van der Waals surface area contributed by atoms with E-state index in [4.69, 9.17) is 10.5 Å². The van der Waals surface area contributed by atoms with Crippen LogP contribution < -0.4 is 11.1 Å². The number of carbonyl (C=O) groups excluding carboxylic acids is 3. The molecule has 32 heavy (non-hydrogen) atoms. The van der Waals surface area contributed by atoms with Gasteiger partial charge in [0, 0.05) is 24.4 Å². The third-order valence-electron chi connectivity index (χ3n) is 5.30. The second-order valence-electron chi connectivity index (χ2n) is 7.56. The maximum absolute atomic E-state index is 13.4. The molecule has 0 unspecified atom stereocenters. The highest BCUT2D eigenvalue weighted by Crippen LogP contribution is 2.33. The number of rotatable bonds is 7. The molecular weight excluding hydrogens is 416 g/mol. The number of nitrogens with one attached hydrogen (secondary N) is 1. The first-order valence-corrected chi connectivity index (χ1v) is 10.1. The number of nitrogens with two attached hydrogens (primary N) is 1. The van der Waals surface area contributed by atoms with Gasteiger partial charge in [-0.15, -0.1) is 0 Å². The highest BCUT2D eigenvalue weighted by atomic mass is 16.6. The SMILES string of the molecule is C[C@H](N)C(=O)N1CCC[C@]1(C(=O)Nc1ccc([N+](=O)[O-])cc1)C(=O)OCc1ccccc1. The predicted molar refractivity (Wildman–Crippen MR) is 115 cm³/mol. The van der Waals surface area contributed by atoms with Gasteiger partial charge in [-0.3, -0.25) is 19.7 Å². The number of amides is 2. The van der Waals surface area contributed by atoms with E-state index in [1.807, 2.05) is 6.07 Å². The summed E-state index contributed by atoms with van der Waals surface area (Å²) in [6, 6.07) is 13.2. The summed E-state index contributed by atoms with van der Waals surface area (Å²) in [6.07, 6.45) is 0.477. The van der Waals surface area contributed by atoms with Crippen LogP contribution in [0.1, 0.15) is 25.3 Å². The maximum atomic E-state index is 13.4. The number of benzene rings is 2. The van der Waals surface area contributed by atoms with Crippen molar-refractivity contribution >= 4 is 29.2 Å². The average Bonchev–Trinajstić information content (AvgIpc) is 3.24. The number of hydrogen-bond acceptors (Lipinski definition) is 7. The Hall–Kier alpha value is -3.79. The number of anilines is 1. The van der Waals surface area contributed by atoms with Gasteiger partial charge in [-0.25, -0.2) is 4.79 Å². The van der Waals surface area contributed by atoms with Gasteiger partial charge >= 0.3 is 5.97 Å². The van der Waals surface area contributed by atoms with E-state index in [0.717, 1.165) is 5.56 Å². The molecule has 1 saturated heterocycles. The monoisotopic (exact) mass is 440 g/mol. The first-order chi connectivity index (χ1) is 15.3. The molecule has 3 rings (SSSR count). The minimum atomic E-state index is -1.89. The topological polar surface area (TPSA) is 145 Å². The highest BCUT2D eigenvalue weighted by Gasteiger charge is 2.57. The van der Waals surface area contributed by atoms with E-state index in [-0.39, 0.29) is 30.9 Å². The van der Waals surface area contributed by atoms with Crippen LogP contribution in [0, 0.1) is 10.1 Å². The molecule has 0 radical (unpaired) electrons. The average molecular weight is 440 g/mol. The van der Waals surface area contributed by atoms with Crippen molar-refractivity contribution in [3.05, 3.63) is 70.3 Å². The molecule has 0 aromatic heterocycles. The summed E-state index contributed by atoms with van der Waals surface area (Å²) in [6.45, 7) is 1.59. The second-order valence-corrected chi connectivity index (χ2v) is 7.56. The van der Waals surface area contributed by atoms with E-state index >= 15 is 0 Å². The van der Waals surface area contributed by atoms with Gasteiger partial charge in [0.15, 0.2) is 0 Å². The molecule has 2 aromatic rings. The third-order valence-corrected chi connectivity index (χ3v) is 5.30. The fourth-order valence-electron chi connectivity index (χ4n) is 3.65. The summed E-state index contributed by atoms with van der Waals surface area (Å²) in [4.78, 5) is 50.8. The van der Waals surface area contributed by atoms with E-state index in [9.17, 15) is 24.5 Å². The molecule has 168 valence electrons. The molecule has 1 aliphatic rings. The molecule has 0 spiro atoms. The number of nitro benzene ring substituents is 1. The smallest absolute Gasteiger partial charge is 0.342 e. The molecule has 0 bridgehead atoms. The van der Waals surface area contributed by atoms with Gasteiger partial charge in [0.2, 0.25) is 11.4 Å². The Bertz CT molecular complexity index is 1010. The lowest BCUT2D eigenvalue weighted by Crippen LogP contribution is -2.63. The van der Waals surface area contributed by atoms with Crippen LogP contribution in [0.25, 0.3) is 0 Å². The first kappa shape index (κ1) is 22.9. The minimum absolute atomic E-state index is 0.0631. The number of nitrogens with zero attached hydrogens (tertiary/aromatic N) is 2. The Labute approximate surface area is 184 Å². The number of nitro groups is 1. The maximum Gasteiger partial charge on any atom is 0.342 e. The zero-order valence-corrected chi connectivity index (χ0v) is 17.5. The van der Waals surface area contributed by atoms with E-state index < -0.39 is 34.3 Å². The number of likely N-dealkylation sites (tertiary alicyclic amines) is 1. The fraction of sp³-hybridized carbons (Fsp3) is 0.318. The lowest BCUT2D eigenvalue weighted by Gasteiger charge is -2.35. The second kappa shape index (κ2) is 9.56. The Morgan fingerprint density at radius 3 is 2.44 bits per heavy atom. The summed E-state index contributed by atoms with van der Waals surface area (Å²) >= 11 is 0. The van der Waals surface area contributed by atoms with Crippen molar-refractivity contribution in [3.8, 4) is 0 Å². The Balaban J connectivity index is 1.88. The molecule has 10 nitrogen and oxygen atoms in total. The van der Waals surface area contributed by atoms with E-state index in [1.165, 1.54) is 36.1 Å². The molecule has 0 aliphatic carbocycles. The van der Waals surface area contributed by atoms with Gasteiger partial charge in [-0.2, -0.15) is 0 Å². The van der Waals surface area contributed by atoms with Crippen LogP contribution in [-0.2, 0) is 25.7 Å². The quantitative estimate of drug-likeness (QED) is 0.290. The van der Waals surface area contributed by atoms with Crippen LogP contribution in [0.4, 0.5) is 11.4 Å². The number of esters is 1. The molecular formula is C22H24N4O6. The summed E-state index contributed by atoms with van der Waals surface area (Å²) in [5.41, 5.74) is 4.71. The van der Waals surface area contributed by atoms with Crippen LogP contribution in [0.2, 0.25) is 0 Å². The van der Waals surface area contributed by atoms with Gasteiger partial charge in [0.25, 0.3) is 11.6 Å². The molecule has 0 saturated carbocycles. The van der Waals surface area contributed by atoms with E-state index in [2.05, 4.69) is 5.32 Å². The first-order valence-electron chi connectivity index (χ1n) is 10.1. The summed E-state index contributed by atoms with van der Waals surface area (Å²) in [5, 5.41) is 13.5. The molecule has 10 heteroatoms. The lowest BCUT2D eigenvalue weighted by atomic mass is 9.93. The third kappa shape index (κ3) is 4.59. The summed E-state index contributed by atoms with van der Waals surface area (Å²) < 4.78 is 5.46. The van der Waals surface area contributed by atoms with Crippen LogP contribution in [0.3, 0.4) is 0 Å². The van der Waals surface area contributed by atoms with Crippen molar-refractivity contribution < 1.29 is 24.0 Å². The van der Waals surface area contributed by atoms with Gasteiger partial charge in [-0.1, -0.05) is 30.3 Å². The van der Waals surface area contributed by atoms with Crippen LogP contribution in [0.5, 0.6) is 0 Å². The lowest BCUT2D eigenvalue weighted by molar-refractivity contribution is -0.384. The van der Waals surface area contributed by atoms with Crippen molar-refractivity contribution in [3.63, 3.8) is 0 Å². The number of hydrogen-bond donors (Lipinski definition) is 2. The zero-order chi connectivity index (χ0) is 23.3. The van der Waals surface area contributed by atoms with Gasteiger partial charge in [-0.05, 0) is 37.5 Å². The predicted octanol–water partition coefficient (Wildman–Crippen LogP) is 1.99. The Kier molecular flexibility index (Phi) is 6.84. The summed E-state index contributed by atoms with van der Waals surface area (Å²) in [5.74, 6) is -2.15. The van der Waals surface area contributed by atoms with E-state index in [1.54, 1.807) is 24.3 Å². The van der Waals surface area contributed by atoms with Crippen molar-refractivity contribution in [2.45, 2.75) is 38.0 Å². The van der Waals surface area contributed by atoms with Gasteiger partial charge < -0.3 is 20.7 Å². The van der Waals surface area contributed by atoms with Crippen molar-refractivity contribution in [2.24, 2.45) is 5.73 Å². The molecule has 1 fully saturated rings. The van der Waals surface area contributed by atoms with Crippen LogP contribution in [-0.4, -0.2) is 45.7 Å². The minimum Gasteiger partial charge on any atom is -0.459 e. The van der Waals surface area contributed by atoms with E-state index in [0.29, 0.717) is 6.42 Å². The molecule has 1 heterocycles. The van der Waals surface area contributed by atoms with Crippen molar-refractivity contribution in [1.82, 2.24) is 4.90 Å². The largest absolute Gasteiger partial charge is 0.459 e. The van der Waals surface area contributed by atoms with Crippen molar-refractivity contribution in [1.29, 1.82) is 0 Å². The van der Waals surface area contributed by atoms with Gasteiger partial charge in [0.1, 0.15) is 6.61 Å². The number of ether oxygens (including phenoxy) is 1. The summed E-state index contributed by atoms with van der Waals surface area (Å²) in [7, 11) is 0. The van der Waals surface area contributed by atoms with Crippen molar-refractivity contribution in [2.75, 3.05) is 11.9 Å². The fourth-order valence-corrected chi connectivity index (χ4v) is 3.65. The standard InChI is InChI=1S/C22H24N4O6/c1-15(23)19(27)25-13-5-12-22(25,21(29)32-14-16-6-3-2-4-7-16)20(28)24-17-8-10-18(11-9-17)26(30)31/h2-4,6-11,15H,5,12-14,23H2,1H3,(H,24,28)/t15-,22-/m0/s1. The zero-order valence-electron chi connectivity index (χ0n) is 17.5. The Morgan fingerprint density at radius 1 is 1.19 bits per heavy atom. The van der Waals surface area contributed by atoms with Crippen LogP contribution in [0.15, 0.2) is 54.6 Å². The molecule has 2 aromatic carbocycles. The van der Waals surface area contributed by atoms with Crippen LogP contribution >= 0.6 is 0 Å². The van der Waals surface area contributed by atoms with Gasteiger partial charge in [0.05, 0.1) is 11.0 Å². The molecule has 3 N–H and O–H groups in total. The highest BCUT2D eigenvalue weighted by molar-refractivity contribution is 6.15. The number of non-ortho nitro benzene ring substituents is 1. The number of carbonyl (C=O) groups is 3. The molecule has 2 amide bonds.